The van der Waals surface area contributed by atoms with Crippen molar-refractivity contribution in [1.82, 2.24) is 9.97 Å². The lowest BCUT2D eigenvalue weighted by atomic mass is 10.1. The minimum absolute atomic E-state index is 0.0470. The number of rotatable bonds is 3. The molecule has 0 aliphatic heterocycles. The van der Waals surface area contributed by atoms with Crippen LogP contribution in [0, 0.1) is 6.92 Å². The number of ketones is 1. The van der Waals surface area contributed by atoms with Gasteiger partial charge in [-0.2, -0.15) is 0 Å². The molecule has 0 saturated carbocycles. The number of carbonyl (C=O) groups excluding carboxylic acids is 1. The van der Waals surface area contributed by atoms with Gasteiger partial charge >= 0.3 is 0 Å². The minimum atomic E-state index is 0.0470. The summed E-state index contributed by atoms with van der Waals surface area (Å²) in [4.78, 5) is 20.5. The van der Waals surface area contributed by atoms with Gasteiger partial charge in [0, 0.05) is 14.9 Å². The van der Waals surface area contributed by atoms with Gasteiger partial charge in [0.25, 0.3) is 0 Å². The van der Waals surface area contributed by atoms with Gasteiger partial charge < -0.3 is 4.98 Å². The number of hydrogen-bond acceptors (Lipinski definition) is 3. The first kappa shape index (κ1) is 14.4. The summed E-state index contributed by atoms with van der Waals surface area (Å²) in [5.41, 5.74) is 3.84. The molecule has 0 saturated heterocycles. The first-order valence-corrected chi connectivity index (χ1v) is 8.08. The van der Waals surface area contributed by atoms with Crippen molar-refractivity contribution < 1.29 is 4.79 Å². The Hall–Kier alpha value is -1.59. The average molecular weight is 361 g/mol. The molecule has 3 nitrogen and oxygen atoms in total. The van der Waals surface area contributed by atoms with E-state index in [1.807, 2.05) is 30.3 Å². The van der Waals surface area contributed by atoms with Crippen LogP contribution in [0.25, 0.3) is 11.0 Å². The number of nitrogens with zero attached hydrogens (tertiary/aromatic N) is 1. The van der Waals surface area contributed by atoms with Crippen LogP contribution >= 0.6 is 27.7 Å². The summed E-state index contributed by atoms with van der Waals surface area (Å²) in [5.74, 6) is 0.0470. The quantitative estimate of drug-likeness (QED) is 0.669. The largest absolute Gasteiger partial charge is 0.333 e. The predicted molar refractivity (Wildman–Crippen MR) is 89.1 cm³/mol. The topological polar surface area (TPSA) is 45.8 Å². The molecule has 1 heterocycles. The van der Waals surface area contributed by atoms with Gasteiger partial charge in [-0.05, 0) is 49.7 Å². The monoisotopic (exact) mass is 360 g/mol. The summed E-state index contributed by atoms with van der Waals surface area (Å²) >= 11 is 4.88. The Morgan fingerprint density at radius 1 is 1.24 bits per heavy atom. The Morgan fingerprint density at radius 3 is 2.81 bits per heavy atom. The van der Waals surface area contributed by atoms with Crippen LogP contribution in [0.1, 0.15) is 22.8 Å². The Bertz CT molecular complexity index is 841. The van der Waals surface area contributed by atoms with Crippen molar-refractivity contribution in [3.63, 3.8) is 0 Å². The summed E-state index contributed by atoms with van der Waals surface area (Å²) in [7, 11) is 0. The van der Waals surface area contributed by atoms with E-state index in [-0.39, 0.29) is 5.78 Å². The van der Waals surface area contributed by atoms with Crippen molar-refractivity contribution in [2.24, 2.45) is 0 Å². The van der Waals surface area contributed by atoms with E-state index in [2.05, 4.69) is 38.9 Å². The third-order valence-electron chi connectivity index (χ3n) is 3.14. The number of halogens is 1. The molecule has 0 aliphatic carbocycles. The highest BCUT2D eigenvalue weighted by Crippen LogP contribution is 2.32. The smallest absolute Gasteiger partial charge is 0.171 e. The molecule has 0 atom stereocenters. The molecule has 0 radical (unpaired) electrons. The molecule has 1 aromatic heterocycles. The number of carbonyl (C=O) groups is 1. The van der Waals surface area contributed by atoms with Gasteiger partial charge in [-0.3, -0.25) is 4.79 Å². The van der Waals surface area contributed by atoms with E-state index in [1.165, 1.54) is 17.3 Å². The lowest BCUT2D eigenvalue weighted by Gasteiger charge is -2.05. The normalized spacial score (nSPS) is 11.0. The van der Waals surface area contributed by atoms with Crippen molar-refractivity contribution in [1.29, 1.82) is 0 Å². The highest BCUT2D eigenvalue weighted by Gasteiger charge is 2.12. The van der Waals surface area contributed by atoms with Crippen LogP contribution in [-0.2, 0) is 0 Å². The molecular formula is C16H13BrN2OS. The molecule has 0 unspecified atom stereocenters. The van der Waals surface area contributed by atoms with E-state index >= 15 is 0 Å². The maximum atomic E-state index is 11.8. The predicted octanol–water partition coefficient (Wildman–Crippen LogP) is 4.99. The number of aromatic amines is 1. The van der Waals surface area contributed by atoms with Gasteiger partial charge in [-0.25, -0.2) is 4.98 Å². The molecule has 5 heteroatoms. The molecule has 3 aromatic rings. The number of Topliss-reactive ketones (excluding diaryl/α,β-unsaturated/α-hetero) is 1. The van der Waals surface area contributed by atoms with E-state index in [1.54, 1.807) is 6.92 Å². The number of hydrogen-bond donors (Lipinski definition) is 1. The summed E-state index contributed by atoms with van der Waals surface area (Å²) in [6.45, 7) is 3.63. The Kier molecular flexibility index (Phi) is 3.87. The van der Waals surface area contributed by atoms with Gasteiger partial charge in [0.1, 0.15) is 0 Å². The van der Waals surface area contributed by atoms with Crippen molar-refractivity contribution in [3.05, 3.63) is 52.0 Å². The second-order valence-corrected chi connectivity index (χ2v) is 6.81. The number of imidazole rings is 1. The lowest BCUT2D eigenvalue weighted by molar-refractivity contribution is 0.101. The van der Waals surface area contributed by atoms with Crippen molar-refractivity contribution >= 4 is 44.5 Å². The Balaban J connectivity index is 2.00. The fourth-order valence-electron chi connectivity index (χ4n) is 2.12. The van der Waals surface area contributed by atoms with Crippen LogP contribution in [0.5, 0.6) is 0 Å². The van der Waals surface area contributed by atoms with Crippen LogP contribution in [0.3, 0.4) is 0 Å². The first-order valence-electron chi connectivity index (χ1n) is 6.47. The molecule has 0 spiro atoms. The van der Waals surface area contributed by atoms with Crippen molar-refractivity contribution in [3.8, 4) is 0 Å². The molecule has 3 rings (SSSR count). The summed E-state index contributed by atoms with van der Waals surface area (Å²) < 4.78 is 0.900. The number of fused-ring (bicyclic) bond motifs is 1. The number of aromatic nitrogens is 2. The molecule has 21 heavy (non-hydrogen) atoms. The molecule has 0 amide bonds. The maximum Gasteiger partial charge on any atom is 0.171 e. The first-order chi connectivity index (χ1) is 10.0. The lowest BCUT2D eigenvalue weighted by Crippen LogP contribution is -1.95. The van der Waals surface area contributed by atoms with E-state index in [0.29, 0.717) is 5.56 Å². The number of nitrogens with one attached hydrogen (secondary N) is 1. The van der Waals surface area contributed by atoms with Crippen LogP contribution in [-0.4, -0.2) is 15.8 Å². The SMILES string of the molecule is CC(=O)c1cc(Br)ccc1Sc1nc2ccc(C)cc2[nH]1. The van der Waals surface area contributed by atoms with E-state index < -0.39 is 0 Å². The van der Waals surface area contributed by atoms with Gasteiger partial charge in [-0.15, -0.1) is 0 Å². The second-order valence-electron chi connectivity index (χ2n) is 4.86. The zero-order valence-corrected chi connectivity index (χ0v) is 14.0. The molecule has 2 aromatic carbocycles. The average Bonchev–Trinajstić information content (AvgIpc) is 2.82. The fourth-order valence-corrected chi connectivity index (χ4v) is 3.44. The maximum absolute atomic E-state index is 11.8. The van der Waals surface area contributed by atoms with Crippen molar-refractivity contribution in [2.45, 2.75) is 23.9 Å². The minimum Gasteiger partial charge on any atom is -0.333 e. The number of benzene rings is 2. The molecule has 1 N–H and O–H groups in total. The Labute approximate surface area is 135 Å². The zero-order chi connectivity index (χ0) is 15.0. The number of H-pyrrole nitrogens is 1. The van der Waals surface area contributed by atoms with Crippen LogP contribution in [0.2, 0.25) is 0 Å². The summed E-state index contributed by atoms with van der Waals surface area (Å²) in [6, 6.07) is 11.8. The van der Waals surface area contributed by atoms with Crippen molar-refractivity contribution in [2.75, 3.05) is 0 Å². The van der Waals surface area contributed by atoms with Crippen LogP contribution < -0.4 is 0 Å². The molecule has 106 valence electrons. The van der Waals surface area contributed by atoms with Gasteiger partial charge in [0.15, 0.2) is 10.9 Å². The second kappa shape index (κ2) is 5.66. The third-order valence-corrected chi connectivity index (χ3v) is 4.60. The van der Waals surface area contributed by atoms with Crippen LogP contribution in [0.15, 0.2) is 50.9 Å². The standard InChI is InChI=1S/C16H13BrN2OS/c1-9-3-5-13-14(7-9)19-16(18-13)21-15-6-4-11(17)8-12(15)10(2)20/h3-8H,1-2H3,(H,18,19). The molecular weight excluding hydrogens is 348 g/mol. The van der Waals surface area contributed by atoms with E-state index in [9.17, 15) is 4.79 Å². The molecule has 0 aliphatic rings. The summed E-state index contributed by atoms with van der Waals surface area (Å²) in [6.07, 6.45) is 0. The van der Waals surface area contributed by atoms with Gasteiger partial charge in [0.05, 0.1) is 11.0 Å². The van der Waals surface area contributed by atoms with E-state index in [4.69, 9.17) is 0 Å². The highest BCUT2D eigenvalue weighted by molar-refractivity contribution is 9.10. The molecule has 0 bridgehead atoms. The van der Waals surface area contributed by atoms with Gasteiger partial charge in [0.2, 0.25) is 0 Å². The third kappa shape index (κ3) is 3.04. The fraction of sp³-hybridized carbons (Fsp3) is 0.125. The summed E-state index contributed by atoms with van der Waals surface area (Å²) in [5, 5.41) is 0.792. The molecule has 0 fully saturated rings. The number of aryl methyl sites for hydroxylation is 1. The van der Waals surface area contributed by atoms with E-state index in [0.717, 1.165) is 25.6 Å². The van der Waals surface area contributed by atoms with Gasteiger partial charge in [-0.1, -0.05) is 33.8 Å². The van der Waals surface area contributed by atoms with Crippen LogP contribution in [0.4, 0.5) is 0 Å². The zero-order valence-electron chi connectivity index (χ0n) is 11.6. The Morgan fingerprint density at radius 2 is 2.05 bits per heavy atom. The highest BCUT2D eigenvalue weighted by atomic mass is 79.9.